The van der Waals surface area contributed by atoms with Crippen molar-refractivity contribution in [2.45, 2.75) is 31.5 Å². The lowest BCUT2D eigenvalue weighted by Crippen LogP contribution is -2.51. The number of fused-ring (bicyclic) bond motifs is 2. The topological polar surface area (TPSA) is 66.8 Å². The number of rotatable bonds is 2. The first-order valence-electron chi connectivity index (χ1n) is 8.44. The molecular weight excluding hydrogens is 318 g/mol. The van der Waals surface area contributed by atoms with Crippen LogP contribution in [0.4, 0.5) is 0 Å². The summed E-state index contributed by atoms with van der Waals surface area (Å²) in [5.74, 6) is -1.25. The molecule has 0 saturated carbocycles. The van der Waals surface area contributed by atoms with E-state index in [4.69, 9.17) is 4.74 Å². The summed E-state index contributed by atoms with van der Waals surface area (Å²) in [6, 6.07) is 14.5. The summed E-state index contributed by atoms with van der Waals surface area (Å²) in [4.78, 5) is 26.4. The first-order valence-corrected chi connectivity index (χ1v) is 8.44. The molecule has 1 amide bonds. The molecule has 2 aliphatic rings. The molecule has 0 saturated heterocycles. The van der Waals surface area contributed by atoms with E-state index in [0.29, 0.717) is 19.6 Å². The summed E-state index contributed by atoms with van der Waals surface area (Å²) in [7, 11) is 0. The Morgan fingerprint density at radius 1 is 1.00 bits per heavy atom. The van der Waals surface area contributed by atoms with Gasteiger partial charge in [-0.15, -0.1) is 0 Å². The normalized spacial score (nSPS) is 22.0. The standard InChI is InChI=1S/C20H19NO4/c22-19(18-16-8-4-3-5-13(16)9-10-25-18)21-12-15-7-2-1-6-14(15)11-17(21)20(23)24/h1-8,17-18H,9-12H2,(H,23,24). The molecule has 0 bridgehead atoms. The highest BCUT2D eigenvalue weighted by molar-refractivity contribution is 5.88. The van der Waals surface area contributed by atoms with Gasteiger partial charge in [0.2, 0.25) is 0 Å². The third-order valence-electron chi connectivity index (χ3n) is 5.03. The second-order valence-corrected chi connectivity index (χ2v) is 6.49. The summed E-state index contributed by atoms with van der Waals surface area (Å²) in [5.41, 5.74) is 3.93. The molecule has 2 heterocycles. The molecule has 2 atom stereocenters. The molecule has 0 aromatic heterocycles. The molecule has 2 unspecified atom stereocenters. The Bertz CT molecular complexity index is 832. The van der Waals surface area contributed by atoms with Gasteiger partial charge in [0.05, 0.1) is 6.61 Å². The Labute approximate surface area is 145 Å². The number of ether oxygens (including phenoxy) is 1. The highest BCUT2D eigenvalue weighted by Gasteiger charge is 2.39. The van der Waals surface area contributed by atoms with Crippen molar-refractivity contribution in [3.05, 3.63) is 70.8 Å². The van der Waals surface area contributed by atoms with Gasteiger partial charge in [-0.25, -0.2) is 4.79 Å². The molecule has 5 heteroatoms. The minimum absolute atomic E-state index is 0.269. The van der Waals surface area contributed by atoms with Gasteiger partial charge in [0.25, 0.3) is 5.91 Å². The van der Waals surface area contributed by atoms with Crippen LogP contribution in [0.25, 0.3) is 0 Å². The largest absolute Gasteiger partial charge is 0.480 e. The van der Waals surface area contributed by atoms with Gasteiger partial charge in [-0.05, 0) is 28.7 Å². The monoisotopic (exact) mass is 337 g/mol. The van der Waals surface area contributed by atoms with E-state index >= 15 is 0 Å². The minimum atomic E-state index is -0.980. The van der Waals surface area contributed by atoms with Crippen molar-refractivity contribution in [1.29, 1.82) is 0 Å². The van der Waals surface area contributed by atoms with Gasteiger partial charge in [0, 0.05) is 13.0 Å². The quantitative estimate of drug-likeness (QED) is 0.913. The number of carbonyl (C=O) groups excluding carboxylic acids is 1. The van der Waals surface area contributed by atoms with Crippen molar-refractivity contribution in [3.63, 3.8) is 0 Å². The van der Waals surface area contributed by atoms with Crippen LogP contribution in [-0.2, 0) is 33.7 Å². The van der Waals surface area contributed by atoms with E-state index in [1.807, 2.05) is 48.5 Å². The van der Waals surface area contributed by atoms with Crippen LogP contribution >= 0.6 is 0 Å². The lowest BCUT2D eigenvalue weighted by atomic mass is 9.91. The first-order chi connectivity index (χ1) is 12.1. The van der Waals surface area contributed by atoms with Crippen LogP contribution < -0.4 is 0 Å². The van der Waals surface area contributed by atoms with Crippen LogP contribution in [0.1, 0.15) is 28.4 Å². The molecule has 128 valence electrons. The van der Waals surface area contributed by atoms with Crippen LogP contribution in [0.3, 0.4) is 0 Å². The fourth-order valence-electron chi connectivity index (χ4n) is 3.72. The summed E-state index contributed by atoms with van der Waals surface area (Å²) in [6.07, 6.45) is 0.369. The van der Waals surface area contributed by atoms with Crippen molar-refractivity contribution < 1.29 is 19.4 Å². The fourth-order valence-corrected chi connectivity index (χ4v) is 3.72. The maximum Gasteiger partial charge on any atom is 0.326 e. The second-order valence-electron chi connectivity index (χ2n) is 6.49. The zero-order valence-corrected chi connectivity index (χ0v) is 13.7. The molecule has 0 radical (unpaired) electrons. The van der Waals surface area contributed by atoms with E-state index in [2.05, 4.69) is 0 Å². The average Bonchev–Trinajstić information content (AvgIpc) is 2.66. The Hall–Kier alpha value is -2.66. The molecular formula is C20H19NO4. The summed E-state index contributed by atoms with van der Waals surface area (Å²) in [6.45, 7) is 0.767. The first kappa shape index (κ1) is 15.8. The van der Waals surface area contributed by atoms with E-state index in [0.717, 1.165) is 28.7 Å². The summed E-state index contributed by atoms with van der Waals surface area (Å²) in [5, 5.41) is 9.64. The number of nitrogens with zero attached hydrogens (tertiary/aromatic N) is 1. The van der Waals surface area contributed by atoms with Crippen molar-refractivity contribution in [2.75, 3.05) is 6.61 Å². The lowest BCUT2D eigenvalue weighted by Gasteiger charge is -2.37. The predicted octanol–water partition coefficient (Wildman–Crippen LogP) is 2.34. The van der Waals surface area contributed by atoms with E-state index in [1.54, 1.807) is 0 Å². The molecule has 5 nitrogen and oxygen atoms in total. The minimum Gasteiger partial charge on any atom is -0.480 e. The van der Waals surface area contributed by atoms with Crippen LogP contribution in [-0.4, -0.2) is 34.5 Å². The highest BCUT2D eigenvalue weighted by Crippen LogP contribution is 2.32. The van der Waals surface area contributed by atoms with Crippen LogP contribution in [0.2, 0.25) is 0 Å². The molecule has 0 aliphatic carbocycles. The lowest BCUT2D eigenvalue weighted by molar-refractivity contribution is -0.158. The van der Waals surface area contributed by atoms with Crippen LogP contribution in [0, 0.1) is 0 Å². The number of hydrogen-bond donors (Lipinski definition) is 1. The zero-order chi connectivity index (χ0) is 17.4. The Morgan fingerprint density at radius 3 is 2.44 bits per heavy atom. The summed E-state index contributed by atoms with van der Waals surface area (Å²) < 4.78 is 5.75. The number of carboxylic acid groups (broad SMARTS) is 1. The predicted molar refractivity (Wildman–Crippen MR) is 91.0 cm³/mol. The van der Waals surface area contributed by atoms with Crippen LogP contribution in [0.15, 0.2) is 48.5 Å². The number of carboxylic acids is 1. The van der Waals surface area contributed by atoms with Crippen molar-refractivity contribution in [3.8, 4) is 0 Å². The van der Waals surface area contributed by atoms with Gasteiger partial charge < -0.3 is 14.7 Å². The van der Waals surface area contributed by atoms with Gasteiger partial charge >= 0.3 is 5.97 Å². The third kappa shape index (κ3) is 2.81. The molecule has 1 N–H and O–H groups in total. The number of hydrogen-bond acceptors (Lipinski definition) is 3. The SMILES string of the molecule is O=C(O)C1Cc2ccccc2CN1C(=O)C1OCCc2ccccc21. The van der Waals surface area contributed by atoms with Crippen LogP contribution in [0.5, 0.6) is 0 Å². The maximum absolute atomic E-state index is 13.2. The molecule has 2 aliphatic heterocycles. The second kappa shape index (κ2) is 6.33. The Kier molecular flexibility index (Phi) is 4.01. The molecule has 0 fully saturated rings. The van der Waals surface area contributed by atoms with Crippen molar-refractivity contribution in [1.82, 2.24) is 4.90 Å². The van der Waals surface area contributed by atoms with E-state index in [9.17, 15) is 14.7 Å². The number of carbonyl (C=O) groups is 2. The smallest absolute Gasteiger partial charge is 0.326 e. The molecule has 25 heavy (non-hydrogen) atoms. The van der Waals surface area contributed by atoms with Gasteiger partial charge in [-0.1, -0.05) is 48.5 Å². The van der Waals surface area contributed by atoms with Gasteiger partial charge in [-0.3, -0.25) is 4.79 Å². The van der Waals surface area contributed by atoms with E-state index in [-0.39, 0.29) is 5.91 Å². The number of amides is 1. The highest BCUT2D eigenvalue weighted by atomic mass is 16.5. The van der Waals surface area contributed by atoms with E-state index in [1.165, 1.54) is 4.90 Å². The Morgan fingerprint density at radius 2 is 1.68 bits per heavy atom. The average molecular weight is 337 g/mol. The van der Waals surface area contributed by atoms with Gasteiger partial charge in [0.1, 0.15) is 6.04 Å². The molecule has 0 spiro atoms. The number of aliphatic carboxylic acids is 1. The number of benzene rings is 2. The Balaban J connectivity index is 1.68. The van der Waals surface area contributed by atoms with Gasteiger partial charge in [-0.2, -0.15) is 0 Å². The maximum atomic E-state index is 13.2. The zero-order valence-electron chi connectivity index (χ0n) is 13.7. The van der Waals surface area contributed by atoms with E-state index < -0.39 is 18.1 Å². The molecule has 2 aromatic rings. The molecule has 4 rings (SSSR count). The third-order valence-corrected chi connectivity index (χ3v) is 5.03. The summed E-state index contributed by atoms with van der Waals surface area (Å²) >= 11 is 0. The molecule has 2 aromatic carbocycles. The van der Waals surface area contributed by atoms with Gasteiger partial charge in [0.15, 0.2) is 6.10 Å². The van der Waals surface area contributed by atoms with Crippen molar-refractivity contribution in [2.24, 2.45) is 0 Å². The fraction of sp³-hybridized carbons (Fsp3) is 0.300. The van der Waals surface area contributed by atoms with Crippen molar-refractivity contribution >= 4 is 11.9 Å².